The Kier molecular flexibility index (Phi) is 6.06. The van der Waals surface area contributed by atoms with Crippen LogP contribution in [0, 0.1) is 0 Å². The third kappa shape index (κ3) is 5.08. The summed E-state index contributed by atoms with van der Waals surface area (Å²) >= 11 is 3.32. The first kappa shape index (κ1) is 18.5. The Balaban J connectivity index is 1.58. The molecule has 0 unspecified atom stereocenters. The van der Waals surface area contributed by atoms with E-state index in [4.69, 9.17) is 4.74 Å². The average Bonchev–Trinajstić information content (AvgIpc) is 2.70. The van der Waals surface area contributed by atoms with Crippen molar-refractivity contribution < 1.29 is 14.3 Å². The Morgan fingerprint density at radius 2 is 1.70 bits per heavy atom. The summed E-state index contributed by atoms with van der Waals surface area (Å²) in [5, 5.41) is 3.91. The van der Waals surface area contributed by atoms with E-state index in [1.54, 1.807) is 54.6 Å². The zero-order valence-electron chi connectivity index (χ0n) is 14.0. The van der Waals surface area contributed by atoms with Gasteiger partial charge >= 0.3 is 5.97 Å². The van der Waals surface area contributed by atoms with Crippen LogP contribution in [0.25, 0.3) is 0 Å². The maximum Gasteiger partial charge on any atom is 0.344 e. The van der Waals surface area contributed by atoms with Crippen LogP contribution in [0.5, 0.6) is 5.75 Å². The molecule has 1 N–H and O–H groups in total. The van der Waals surface area contributed by atoms with Gasteiger partial charge < -0.3 is 4.74 Å². The molecule has 0 fully saturated rings. The van der Waals surface area contributed by atoms with Crippen LogP contribution in [0.4, 0.5) is 0 Å². The molecule has 3 aromatic rings. The number of hydrazone groups is 1. The number of aromatic nitrogens is 1. The van der Waals surface area contributed by atoms with Gasteiger partial charge in [0.2, 0.25) is 0 Å². The largest absolute Gasteiger partial charge is 0.423 e. The minimum atomic E-state index is -0.450. The Hall–Kier alpha value is -3.32. The summed E-state index contributed by atoms with van der Waals surface area (Å²) in [6, 6.07) is 17.0. The summed E-state index contributed by atoms with van der Waals surface area (Å²) in [4.78, 5) is 27.9. The first-order chi connectivity index (χ1) is 13.1. The van der Waals surface area contributed by atoms with Crippen molar-refractivity contribution >= 4 is 34.0 Å². The summed E-state index contributed by atoms with van der Waals surface area (Å²) in [6.07, 6.45) is 4.57. The molecule has 6 nitrogen and oxygen atoms in total. The van der Waals surface area contributed by atoms with Crippen LogP contribution in [0.15, 0.2) is 82.6 Å². The van der Waals surface area contributed by atoms with Crippen LogP contribution < -0.4 is 10.2 Å². The lowest BCUT2D eigenvalue weighted by Gasteiger charge is -2.06. The number of ether oxygens (including phenoxy) is 1. The van der Waals surface area contributed by atoms with Gasteiger partial charge in [-0.15, -0.1) is 0 Å². The van der Waals surface area contributed by atoms with Gasteiger partial charge in [-0.25, -0.2) is 10.2 Å². The van der Waals surface area contributed by atoms with E-state index in [2.05, 4.69) is 31.4 Å². The molecular formula is C20H14BrN3O3. The zero-order valence-corrected chi connectivity index (χ0v) is 15.6. The number of nitrogens with zero attached hydrogens (tertiary/aromatic N) is 2. The second-order valence-corrected chi connectivity index (χ2v) is 6.23. The minimum Gasteiger partial charge on any atom is -0.423 e. The van der Waals surface area contributed by atoms with E-state index in [-0.39, 0.29) is 5.91 Å². The van der Waals surface area contributed by atoms with Gasteiger partial charge in [-0.3, -0.25) is 9.78 Å². The minimum absolute atomic E-state index is 0.326. The number of esters is 1. The highest BCUT2D eigenvalue weighted by Crippen LogP contribution is 2.19. The van der Waals surface area contributed by atoms with E-state index in [1.165, 1.54) is 18.6 Å². The molecule has 27 heavy (non-hydrogen) atoms. The molecule has 0 aliphatic heterocycles. The Morgan fingerprint density at radius 1 is 1.00 bits per heavy atom. The maximum atomic E-state index is 12.2. The third-order valence-electron chi connectivity index (χ3n) is 3.51. The monoisotopic (exact) mass is 423 g/mol. The van der Waals surface area contributed by atoms with Crippen molar-refractivity contribution in [2.24, 2.45) is 5.10 Å². The molecule has 0 saturated heterocycles. The van der Waals surface area contributed by atoms with Gasteiger partial charge in [-0.2, -0.15) is 5.10 Å². The number of pyridine rings is 1. The van der Waals surface area contributed by atoms with Crippen molar-refractivity contribution in [3.63, 3.8) is 0 Å². The fourth-order valence-corrected chi connectivity index (χ4v) is 2.59. The molecular weight excluding hydrogens is 410 g/mol. The predicted molar refractivity (Wildman–Crippen MR) is 105 cm³/mol. The standard InChI is InChI=1S/C20H14BrN3O3/c21-18-4-2-1-3-17(18)20(26)27-16-7-5-14(6-8-16)13-23-24-19(25)15-9-11-22-12-10-15/h1-13H,(H,24,25). The lowest BCUT2D eigenvalue weighted by atomic mass is 10.2. The number of hydrogen-bond acceptors (Lipinski definition) is 5. The molecule has 1 amide bonds. The number of nitrogens with one attached hydrogen (secondary N) is 1. The maximum absolute atomic E-state index is 12.2. The molecule has 0 spiro atoms. The third-order valence-corrected chi connectivity index (χ3v) is 4.20. The number of amides is 1. The van der Waals surface area contributed by atoms with Crippen molar-refractivity contribution in [3.05, 3.63) is 94.2 Å². The Bertz CT molecular complexity index is 973. The van der Waals surface area contributed by atoms with E-state index in [0.29, 0.717) is 21.3 Å². The molecule has 2 aromatic carbocycles. The Labute approximate surface area is 164 Å². The summed E-state index contributed by atoms with van der Waals surface area (Å²) < 4.78 is 6.02. The number of carbonyl (C=O) groups excluding carboxylic acids is 2. The van der Waals surface area contributed by atoms with Crippen LogP contribution in [-0.4, -0.2) is 23.1 Å². The lowest BCUT2D eigenvalue weighted by molar-refractivity contribution is 0.0733. The van der Waals surface area contributed by atoms with Gasteiger partial charge in [0.05, 0.1) is 11.8 Å². The molecule has 0 aliphatic rings. The average molecular weight is 424 g/mol. The normalized spacial score (nSPS) is 10.6. The van der Waals surface area contributed by atoms with Gasteiger partial charge in [0, 0.05) is 22.4 Å². The second kappa shape index (κ2) is 8.86. The number of halogens is 1. The highest BCUT2D eigenvalue weighted by molar-refractivity contribution is 9.10. The number of hydrogen-bond donors (Lipinski definition) is 1. The number of benzene rings is 2. The van der Waals surface area contributed by atoms with E-state index in [1.807, 2.05) is 6.07 Å². The van der Waals surface area contributed by atoms with Crippen molar-refractivity contribution in [1.29, 1.82) is 0 Å². The summed E-state index contributed by atoms with van der Waals surface area (Å²) in [6.45, 7) is 0. The van der Waals surface area contributed by atoms with Gasteiger partial charge in [-0.1, -0.05) is 12.1 Å². The van der Waals surface area contributed by atoms with Gasteiger partial charge in [0.25, 0.3) is 5.91 Å². The molecule has 134 valence electrons. The molecule has 1 heterocycles. The number of carbonyl (C=O) groups is 2. The molecule has 0 radical (unpaired) electrons. The van der Waals surface area contributed by atoms with E-state index < -0.39 is 5.97 Å². The van der Waals surface area contributed by atoms with Gasteiger partial charge in [0.1, 0.15) is 5.75 Å². The van der Waals surface area contributed by atoms with Crippen LogP contribution in [-0.2, 0) is 0 Å². The van der Waals surface area contributed by atoms with Crippen molar-refractivity contribution in [1.82, 2.24) is 10.4 Å². The number of rotatable bonds is 5. The van der Waals surface area contributed by atoms with Gasteiger partial charge in [0.15, 0.2) is 0 Å². The molecule has 3 rings (SSSR count). The van der Waals surface area contributed by atoms with Crippen molar-refractivity contribution in [2.75, 3.05) is 0 Å². The Morgan fingerprint density at radius 3 is 2.41 bits per heavy atom. The SMILES string of the molecule is O=C(NN=Cc1ccc(OC(=O)c2ccccc2Br)cc1)c1ccncc1. The van der Waals surface area contributed by atoms with Gasteiger partial charge in [-0.05, 0) is 70.0 Å². The fraction of sp³-hybridized carbons (Fsp3) is 0. The van der Waals surface area contributed by atoms with Crippen LogP contribution in [0.3, 0.4) is 0 Å². The molecule has 0 saturated carbocycles. The molecule has 0 aliphatic carbocycles. The first-order valence-corrected chi connectivity index (χ1v) is 8.73. The van der Waals surface area contributed by atoms with Crippen LogP contribution >= 0.6 is 15.9 Å². The van der Waals surface area contributed by atoms with Crippen molar-refractivity contribution in [2.45, 2.75) is 0 Å². The van der Waals surface area contributed by atoms with E-state index >= 15 is 0 Å². The first-order valence-electron chi connectivity index (χ1n) is 7.94. The predicted octanol–water partition coefficient (Wildman–Crippen LogP) is 3.83. The topological polar surface area (TPSA) is 80.6 Å². The van der Waals surface area contributed by atoms with E-state index in [0.717, 1.165) is 5.56 Å². The molecule has 0 atom stereocenters. The van der Waals surface area contributed by atoms with Crippen LogP contribution in [0.1, 0.15) is 26.3 Å². The molecule has 0 bridgehead atoms. The fourth-order valence-electron chi connectivity index (χ4n) is 2.14. The van der Waals surface area contributed by atoms with Crippen LogP contribution in [0.2, 0.25) is 0 Å². The van der Waals surface area contributed by atoms with Crippen molar-refractivity contribution in [3.8, 4) is 5.75 Å². The summed E-state index contributed by atoms with van der Waals surface area (Å²) in [5.41, 5.74) is 4.09. The second-order valence-electron chi connectivity index (χ2n) is 5.37. The highest BCUT2D eigenvalue weighted by atomic mass is 79.9. The quantitative estimate of drug-likeness (QED) is 0.292. The highest BCUT2D eigenvalue weighted by Gasteiger charge is 2.11. The lowest BCUT2D eigenvalue weighted by Crippen LogP contribution is -2.17. The van der Waals surface area contributed by atoms with E-state index in [9.17, 15) is 9.59 Å². The zero-order chi connectivity index (χ0) is 19.1. The summed E-state index contributed by atoms with van der Waals surface area (Å²) in [5.74, 6) is -0.366. The molecule has 1 aromatic heterocycles. The molecule has 7 heteroatoms. The summed E-state index contributed by atoms with van der Waals surface area (Å²) in [7, 11) is 0. The smallest absolute Gasteiger partial charge is 0.344 e.